The van der Waals surface area contributed by atoms with E-state index in [2.05, 4.69) is 31.6 Å². The van der Waals surface area contributed by atoms with Crippen LogP contribution in [0.1, 0.15) is 57.1 Å². The van der Waals surface area contributed by atoms with Gasteiger partial charge in [0, 0.05) is 23.5 Å². The van der Waals surface area contributed by atoms with Crippen molar-refractivity contribution in [1.82, 2.24) is 31.6 Å². The molecule has 0 aliphatic heterocycles. The quantitative estimate of drug-likeness (QED) is 0.0512. The third kappa shape index (κ3) is 15.7. The highest BCUT2D eigenvalue weighted by molar-refractivity contribution is 7.98. The van der Waals surface area contributed by atoms with Crippen molar-refractivity contribution >= 4 is 69.9 Å². The van der Waals surface area contributed by atoms with E-state index in [1.807, 2.05) is 36.8 Å². The number of carbonyl (C=O) groups is 6. The van der Waals surface area contributed by atoms with Crippen molar-refractivity contribution < 1.29 is 33.9 Å². The number of rotatable bonds is 26. The predicted octanol–water partition coefficient (Wildman–Crippen LogP) is 1.19. The first-order chi connectivity index (χ1) is 28.2. The van der Waals surface area contributed by atoms with E-state index in [4.69, 9.17) is 17.2 Å². The molecule has 0 saturated heterocycles. The minimum atomic E-state index is -1.23. The zero-order valence-electron chi connectivity index (χ0n) is 34.3. The lowest BCUT2D eigenvalue weighted by atomic mass is 10.0. The third-order valence-corrected chi connectivity index (χ3v) is 11.1. The van der Waals surface area contributed by atoms with Crippen molar-refractivity contribution in [2.45, 2.75) is 95.0 Å². The van der Waals surface area contributed by atoms with Crippen LogP contribution in [0, 0.1) is 5.92 Å². The molecule has 0 bridgehead atoms. The number of fused-ring (bicyclic) bond motifs is 1. The van der Waals surface area contributed by atoms with Gasteiger partial charge in [0.05, 0.1) is 6.04 Å². The van der Waals surface area contributed by atoms with Crippen LogP contribution in [0.2, 0.25) is 0 Å². The Hall–Kier alpha value is -4.78. The van der Waals surface area contributed by atoms with E-state index in [1.165, 1.54) is 35.7 Å². The van der Waals surface area contributed by atoms with E-state index >= 15 is 0 Å². The lowest BCUT2D eigenvalue weighted by Gasteiger charge is -2.28. The zero-order valence-corrected chi connectivity index (χ0v) is 35.9. The Kier molecular flexibility index (Phi) is 20.6. The van der Waals surface area contributed by atoms with Crippen LogP contribution in [0.5, 0.6) is 5.75 Å². The molecule has 3 rings (SSSR count). The second-order valence-corrected chi connectivity index (χ2v) is 16.7. The van der Waals surface area contributed by atoms with Gasteiger partial charge in [-0.2, -0.15) is 23.5 Å². The summed E-state index contributed by atoms with van der Waals surface area (Å²) in [5.41, 5.74) is 20.0. The number of amides is 6. The number of benzene rings is 2. The monoisotopic (exact) mass is 855 g/mol. The van der Waals surface area contributed by atoms with Crippen molar-refractivity contribution in [1.29, 1.82) is 0 Å². The number of aromatic hydroxyl groups is 1. The predicted molar refractivity (Wildman–Crippen MR) is 234 cm³/mol. The normalized spacial score (nSPS) is 14.4. The van der Waals surface area contributed by atoms with Gasteiger partial charge in [-0.3, -0.25) is 28.8 Å². The van der Waals surface area contributed by atoms with Crippen LogP contribution in [0.25, 0.3) is 10.9 Å². The summed E-state index contributed by atoms with van der Waals surface area (Å²) in [7, 11) is 0. The van der Waals surface area contributed by atoms with Gasteiger partial charge in [0.15, 0.2) is 0 Å². The summed E-state index contributed by atoms with van der Waals surface area (Å²) in [5, 5.41) is 24.6. The molecule has 0 aliphatic carbocycles. The molecular weight excluding hydrogens is 795 g/mol. The number of phenols is 1. The number of phenolic OH excluding ortho intramolecular Hbond substituents is 1. The summed E-state index contributed by atoms with van der Waals surface area (Å²) >= 11 is 2.95. The molecule has 16 nitrogen and oxygen atoms in total. The van der Waals surface area contributed by atoms with Gasteiger partial charge in [-0.15, -0.1) is 0 Å². The number of hydrogen-bond acceptors (Lipinski definition) is 11. The highest BCUT2D eigenvalue weighted by Gasteiger charge is 2.33. The van der Waals surface area contributed by atoms with Gasteiger partial charge in [0.2, 0.25) is 35.4 Å². The molecule has 2 aromatic carbocycles. The summed E-state index contributed by atoms with van der Waals surface area (Å²) in [6.07, 6.45) is 7.50. The number of primary amides is 1. The van der Waals surface area contributed by atoms with Crippen LogP contribution < -0.4 is 43.8 Å². The minimum absolute atomic E-state index is 0.00869. The number of aromatic nitrogens is 1. The number of carbonyl (C=O) groups excluding carboxylic acids is 6. The largest absolute Gasteiger partial charge is 0.508 e. The maximum Gasteiger partial charge on any atom is 0.243 e. The maximum absolute atomic E-state index is 14.2. The van der Waals surface area contributed by atoms with E-state index in [0.717, 1.165) is 16.5 Å². The number of para-hydroxylation sites is 1. The molecule has 0 saturated carbocycles. The SMILES string of the molecule is CSCC[C@H](NC(=O)[C@H](NC(=O)[C@H](CCSC)NC(=O)[C@@H](Cc1ccc(O)cc1)NC(=O)[C@H](CCCCN)NC(=O)[C@H](N)Cc1c[nH]c2ccccc12)C(C)C)C(N)=O. The molecule has 13 N–H and O–H groups in total. The summed E-state index contributed by atoms with van der Waals surface area (Å²) in [6, 6.07) is 7.36. The van der Waals surface area contributed by atoms with Crippen molar-refractivity contribution in [3.05, 3.63) is 65.9 Å². The molecule has 3 aromatic rings. The second kappa shape index (κ2) is 25.0. The lowest BCUT2D eigenvalue weighted by molar-refractivity contribution is -0.135. The van der Waals surface area contributed by atoms with Crippen LogP contribution in [-0.4, -0.2) is 112 Å². The van der Waals surface area contributed by atoms with Crippen LogP contribution in [0.3, 0.4) is 0 Å². The molecule has 0 aliphatic rings. The van der Waals surface area contributed by atoms with Crippen LogP contribution in [0.15, 0.2) is 54.7 Å². The molecular formula is C41H61N9O7S2. The van der Waals surface area contributed by atoms with Crippen molar-refractivity contribution in [2.75, 3.05) is 30.6 Å². The molecule has 6 amide bonds. The Morgan fingerprint density at radius 3 is 1.88 bits per heavy atom. The van der Waals surface area contributed by atoms with Crippen LogP contribution in [-0.2, 0) is 41.6 Å². The van der Waals surface area contributed by atoms with Gasteiger partial charge in [-0.1, -0.05) is 44.2 Å². The summed E-state index contributed by atoms with van der Waals surface area (Å²) in [6.45, 7) is 3.85. The number of unbranched alkanes of at least 4 members (excludes halogenated alkanes) is 1. The minimum Gasteiger partial charge on any atom is -0.508 e. The van der Waals surface area contributed by atoms with Crippen molar-refractivity contribution in [3.8, 4) is 5.75 Å². The van der Waals surface area contributed by atoms with E-state index in [1.54, 1.807) is 32.2 Å². The number of thioether (sulfide) groups is 2. The van der Waals surface area contributed by atoms with Crippen molar-refractivity contribution in [3.63, 3.8) is 0 Å². The van der Waals surface area contributed by atoms with Gasteiger partial charge >= 0.3 is 0 Å². The fourth-order valence-electron chi connectivity index (χ4n) is 6.37. The molecule has 59 heavy (non-hydrogen) atoms. The number of H-pyrrole nitrogens is 1. The van der Waals surface area contributed by atoms with Gasteiger partial charge in [-0.25, -0.2) is 0 Å². The Balaban J connectivity index is 1.84. The molecule has 0 fully saturated rings. The average Bonchev–Trinajstić information content (AvgIpc) is 3.61. The number of nitrogens with two attached hydrogens (primary N) is 3. The molecule has 0 radical (unpaired) electrons. The Bertz CT molecular complexity index is 1840. The van der Waals surface area contributed by atoms with Gasteiger partial charge in [0.1, 0.15) is 36.0 Å². The van der Waals surface area contributed by atoms with E-state index in [0.29, 0.717) is 42.9 Å². The summed E-state index contributed by atoms with van der Waals surface area (Å²) in [4.78, 5) is 84.2. The first-order valence-electron chi connectivity index (χ1n) is 19.8. The highest BCUT2D eigenvalue weighted by atomic mass is 32.2. The van der Waals surface area contributed by atoms with Crippen molar-refractivity contribution in [2.24, 2.45) is 23.1 Å². The zero-order chi connectivity index (χ0) is 43.5. The van der Waals surface area contributed by atoms with E-state index in [9.17, 15) is 33.9 Å². The Morgan fingerprint density at radius 1 is 0.695 bits per heavy atom. The molecule has 0 unspecified atom stereocenters. The second-order valence-electron chi connectivity index (χ2n) is 14.8. The first-order valence-corrected chi connectivity index (χ1v) is 22.5. The highest BCUT2D eigenvalue weighted by Crippen LogP contribution is 2.19. The Morgan fingerprint density at radius 2 is 1.25 bits per heavy atom. The number of hydrogen-bond donors (Lipinski definition) is 10. The van der Waals surface area contributed by atoms with Crippen LogP contribution >= 0.6 is 23.5 Å². The molecule has 324 valence electrons. The van der Waals surface area contributed by atoms with Gasteiger partial charge in [-0.05, 0) is 104 Å². The fraction of sp³-hybridized carbons (Fsp3) is 0.512. The van der Waals surface area contributed by atoms with Gasteiger partial charge in [0.25, 0.3) is 0 Å². The van der Waals surface area contributed by atoms with E-state index < -0.39 is 77.6 Å². The summed E-state index contributed by atoms with van der Waals surface area (Å²) < 4.78 is 0. The third-order valence-electron chi connectivity index (χ3n) is 9.80. The average molecular weight is 856 g/mol. The topological polar surface area (TPSA) is 277 Å². The standard InChI is InChI=1S/C41H61N9O7S2/c1-24(2)35(41(57)46-31(36(44)52)16-19-58-3)50-39(55)33(17-20-59-4)48-40(56)34(21-25-12-14-27(51)15-13-25)49-38(54)32(11-7-8-18-42)47-37(53)29(43)22-26-23-45-30-10-6-5-9-28(26)30/h5-6,9-10,12-15,23-24,29,31-35,45,51H,7-8,11,16-22,42-43H2,1-4H3,(H2,44,52)(H,46,57)(H,47,53)(H,48,56)(H,49,54)(H,50,55)/t29-,31+,32+,33+,34-,35-/m1/s1. The Labute approximate surface area is 354 Å². The molecule has 1 aromatic heterocycles. The first kappa shape index (κ1) is 48.6. The van der Waals surface area contributed by atoms with Crippen LogP contribution in [0.4, 0.5) is 0 Å². The molecule has 0 spiro atoms. The summed E-state index contributed by atoms with van der Waals surface area (Å²) in [5.74, 6) is -3.12. The molecule has 18 heteroatoms. The van der Waals surface area contributed by atoms with Gasteiger partial charge < -0.3 is 53.9 Å². The maximum atomic E-state index is 14.2. The number of aromatic amines is 1. The molecule has 1 heterocycles. The molecule has 6 atom stereocenters. The fourth-order valence-corrected chi connectivity index (χ4v) is 7.31. The smallest absolute Gasteiger partial charge is 0.243 e. The number of nitrogens with one attached hydrogen (secondary N) is 6. The van der Waals surface area contributed by atoms with E-state index in [-0.39, 0.29) is 31.4 Å². The lowest BCUT2D eigenvalue weighted by Crippen LogP contribution is -2.60.